The lowest BCUT2D eigenvalue weighted by molar-refractivity contribution is 0.191. The molecule has 0 spiro atoms. The first-order valence-electron chi connectivity index (χ1n) is 7.51. The Morgan fingerprint density at radius 1 is 1.10 bits per heavy atom. The van der Waals surface area contributed by atoms with Gasteiger partial charge in [-0.15, -0.1) is 0 Å². The molecule has 106 valence electrons. The van der Waals surface area contributed by atoms with Gasteiger partial charge in [0.25, 0.3) is 0 Å². The Morgan fingerprint density at radius 2 is 1.85 bits per heavy atom. The summed E-state index contributed by atoms with van der Waals surface area (Å²) in [6.45, 7) is 7.82. The zero-order valence-electron chi connectivity index (χ0n) is 12.1. The summed E-state index contributed by atoms with van der Waals surface area (Å²) in [5.74, 6) is 0. The second kappa shape index (κ2) is 6.25. The predicted molar refractivity (Wildman–Crippen MR) is 86.3 cm³/mol. The van der Waals surface area contributed by atoms with E-state index in [2.05, 4.69) is 64.9 Å². The standard InChI is InChI=1S/C17H23N3/c1-14(20-11-9-18-10-12-20)13-19-17-8-4-6-15-5-2-3-7-16(15)17/h2-8,14,18-19H,9-13H2,1H3. The fourth-order valence-electron chi connectivity index (χ4n) is 2.89. The Bertz CT molecular complexity index is 556. The van der Waals surface area contributed by atoms with E-state index in [1.54, 1.807) is 0 Å². The van der Waals surface area contributed by atoms with Crippen molar-refractivity contribution in [3.05, 3.63) is 42.5 Å². The average Bonchev–Trinajstić information content (AvgIpc) is 2.53. The highest BCUT2D eigenvalue weighted by Gasteiger charge is 2.16. The van der Waals surface area contributed by atoms with E-state index >= 15 is 0 Å². The molecule has 3 heteroatoms. The predicted octanol–water partition coefficient (Wildman–Crippen LogP) is 2.55. The molecule has 0 aliphatic carbocycles. The van der Waals surface area contributed by atoms with Crippen LogP contribution in [0.1, 0.15) is 6.92 Å². The molecule has 1 atom stereocenters. The molecule has 1 heterocycles. The average molecular weight is 269 g/mol. The highest BCUT2D eigenvalue weighted by Crippen LogP contribution is 2.23. The normalized spacial score (nSPS) is 18.1. The number of nitrogens with one attached hydrogen (secondary N) is 2. The molecule has 0 amide bonds. The van der Waals surface area contributed by atoms with Gasteiger partial charge in [0.1, 0.15) is 0 Å². The third-order valence-electron chi connectivity index (χ3n) is 4.15. The van der Waals surface area contributed by atoms with Gasteiger partial charge in [0, 0.05) is 49.8 Å². The largest absolute Gasteiger partial charge is 0.383 e. The molecule has 2 aromatic carbocycles. The lowest BCUT2D eigenvalue weighted by atomic mass is 10.1. The van der Waals surface area contributed by atoms with Gasteiger partial charge >= 0.3 is 0 Å². The van der Waals surface area contributed by atoms with Gasteiger partial charge in [-0.1, -0.05) is 36.4 Å². The molecule has 1 saturated heterocycles. The Hall–Kier alpha value is -1.58. The van der Waals surface area contributed by atoms with Crippen LogP contribution >= 0.6 is 0 Å². The summed E-state index contributed by atoms with van der Waals surface area (Å²) >= 11 is 0. The molecule has 20 heavy (non-hydrogen) atoms. The SMILES string of the molecule is CC(CNc1cccc2ccccc12)N1CCNCC1. The maximum atomic E-state index is 3.62. The number of rotatable bonds is 4. The Labute approximate surface area is 121 Å². The van der Waals surface area contributed by atoms with Crippen LogP contribution in [-0.4, -0.2) is 43.7 Å². The molecule has 1 aliphatic rings. The molecule has 1 fully saturated rings. The van der Waals surface area contributed by atoms with Crippen LogP contribution in [0, 0.1) is 0 Å². The fraction of sp³-hybridized carbons (Fsp3) is 0.412. The van der Waals surface area contributed by atoms with E-state index in [0.717, 1.165) is 32.7 Å². The van der Waals surface area contributed by atoms with E-state index < -0.39 is 0 Å². The van der Waals surface area contributed by atoms with Gasteiger partial charge < -0.3 is 10.6 Å². The Kier molecular flexibility index (Phi) is 4.19. The first kappa shape index (κ1) is 13.4. The highest BCUT2D eigenvalue weighted by atomic mass is 15.2. The summed E-state index contributed by atoms with van der Waals surface area (Å²) in [5, 5.41) is 9.63. The first-order chi connectivity index (χ1) is 9.84. The van der Waals surface area contributed by atoms with Gasteiger partial charge in [0.05, 0.1) is 0 Å². The number of fused-ring (bicyclic) bond motifs is 1. The monoisotopic (exact) mass is 269 g/mol. The summed E-state index contributed by atoms with van der Waals surface area (Å²) in [6, 6.07) is 15.6. The highest BCUT2D eigenvalue weighted by molar-refractivity contribution is 5.93. The van der Waals surface area contributed by atoms with Crippen LogP contribution in [0.4, 0.5) is 5.69 Å². The van der Waals surface area contributed by atoms with E-state index in [9.17, 15) is 0 Å². The molecular formula is C17H23N3. The molecule has 0 aromatic heterocycles. The smallest absolute Gasteiger partial charge is 0.0420 e. The van der Waals surface area contributed by atoms with Crippen LogP contribution in [-0.2, 0) is 0 Å². The van der Waals surface area contributed by atoms with Crippen molar-refractivity contribution in [3.63, 3.8) is 0 Å². The minimum Gasteiger partial charge on any atom is -0.383 e. The zero-order valence-corrected chi connectivity index (χ0v) is 12.1. The van der Waals surface area contributed by atoms with Crippen molar-refractivity contribution in [2.45, 2.75) is 13.0 Å². The van der Waals surface area contributed by atoms with E-state index in [4.69, 9.17) is 0 Å². The van der Waals surface area contributed by atoms with Crippen molar-refractivity contribution < 1.29 is 0 Å². The quantitative estimate of drug-likeness (QED) is 0.893. The number of anilines is 1. The van der Waals surface area contributed by atoms with Crippen molar-refractivity contribution in [1.29, 1.82) is 0 Å². The van der Waals surface area contributed by atoms with Crippen LogP contribution < -0.4 is 10.6 Å². The summed E-state index contributed by atoms with van der Waals surface area (Å²) in [7, 11) is 0. The van der Waals surface area contributed by atoms with Crippen LogP contribution in [0.15, 0.2) is 42.5 Å². The van der Waals surface area contributed by atoms with Crippen LogP contribution in [0.3, 0.4) is 0 Å². The second-order valence-corrected chi connectivity index (χ2v) is 5.54. The Morgan fingerprint density at radius 3 is 2.70 bits per heavy atom. The number of hydrogen-bond donors (Lipinski definition) is 2. The van der Waals surface area contributed by atoms with Crippen molar-refractivity contribution >= 4 is 16.5 Å². The van der Waals surface area contributed by atoms with Crippen molar-refractivity contribution in [2.75, 3.05) is 38.0 Å². The van der Waals surface area contributed by atoms with Crippen LogP contribution in [0.5, 0.6) is 0 Å². The van der Waals surface area contributed by atoms with Crippen LogP contribution in [0.2, 0.25) is 0 Å². The molecular weight excluding hydrogens is 246 g/mol. The minimum absolute atomic E-state index is 0.566. The molecule has 0 radical (unpaired) electrons. The number of benzene rings is 2. The zero-order chi connectivity index (χ0) is 13.8. The molecule has 0 saturated carbocycles. The maximum Gasteiger partial charge on any atom is 0.0420 e. The summed E-state index contributed by atoms with van der Waals surface area (Å²) in [4.78, 5) is 2.55. The van der Waals surface area contributed by atoms with Gasteiger partial charge in [-0.2, -0.15) is 0 Å². The molecule has 3 rings (SSSR count). The fourth-order valence-corrected chi connectivity index (χ4v) is 2.89. The van der Waals surface area contributed by atoms with Gasteiger partial charge in [-0.05, 0) is 18.4 Å². The van der Waals surface area contributed by atoms with Crippen molar-refractivity contribution in [3.8, 4) is 0 Å². The molecule has 1 unspecified atom stereocenters. The number of piperazine rings is 1. The van der Waals surface area contributed by atoms with Gasteiger partial charge in [-0.3, -0.25) is 4.90 Å². The number of hydrogen-bond acceptors (Lipinski definition) is 3. The molecule has 2 N–H and O–H groups in total. The van der Waals surface area contributed by atoms with Crippen LogP contribution in [0.25, 0.3) is 10.8 Å². The second-order valence-electron chi connectivity index (χ2n) is 5.54. The van der Waals surface area contributed by atoms with Gasteiger partial charge in [0.15, 0.2) is 0 Å². The molecule has 0 bridgehead atoms. The van der Waals surface area contributed by atoms with Gasteiger partial charge in [0.2, 0.25) is 0 Å². The maximum absolute atomic E-state index is 3.62. The lowest BCUT2D eigenvalue weighted by Gasteiger charge is -2.33. The lowest BCUT2D eigenvalue weighted by Crippen LogP contribution is -2.49. The van der Waals surface area contributed by atoms with Crippen molar-refractivity contribution in [1.82, 2.24) is 10.2 Å². The van der Waals surface area contributed by atoms with E-state index in [1.165, 1.54) is 16.5 Å². The Balaban J connectivity index is 1.67. The molecule has 1 aliphatic heterocycles. The topological polar surface area (TPSA) is 27.3 Å². The first-order valence-corrected chi connectivity index (χ1v) is 7.51. The van der Waals surface area contributed by atoms with E-state index in [-0.39, 0.29) is 0 Å². The molecule has 3 nitrogen and oxygen atoms in total. The third-order valence-corrected chi connectivity index (χ3v) is 4.15. The van der Waals surface area contributed by atoms with E-state index in [0.29, 0.717) is 6.04 Å². The molecule has 2 aromatic rings. The third kappa shape index (κ3) is 2.94. The summed E-state index contributed by atoms with van der Waals surface area (Å²) < 4.78 is 0. The minimum atomic E-state index is 0.566. The van der Waals surface area contributed by atoms with Gasteiger partial charge in [-0.25, -0.2) is 0 Å². The van der Waals surface area contributed by atoms with E-state index in [1.807, 2.05) is 0 Å². The summed E-state index contributed by atoms with van der Waals surface area (Å²) in [5.41, 5.74) is 1.24. The van der Waals surface area contributed by atoms with Crippen molar-refractivity contribution in [2.24, 2.45) is 0 Å². The number of nitrogens with zero attached hydrogens (tertiary/aromatic N) is 1. The summed E-state index contributed by atoms with van der Waals surface area (Å²) in [6.07, 6.45) is 0.